The van der Waals surface area contributed by atoms with Gasteiger partial charge in [-0.3, -0.25) is 14.3 Å². The molecule has 0 aliphatic carbocycles. The molecule has 0 saturated carbocycles. The molecule has 0 unspecified atom stereocenters. The predicted octanol–water partition coefficient (Wildman–Crippen LogP) is -7.48. The molecule has 0 bridgehead atoms. The van der Waals surface area contributed by atoms with Crippen LogP contribution in [0.4, 0.5) is 0 Å². The summed E-state index contributed by atoms with van der Waals surface area (Å²) < 4.78 is 52.6. The van der Waals surface area contributed by atoms with Gasteiger partial charge in [0.2, 0.25) is 0 Å². The Morgan fingerprint density at radius 3 is 1.08 bits per heavy atom. The van der Waals surface area contributed by atoms with Crippen molar-refractivity contribution >= 4 is 20.6 Å². The van der Waals surface area contributed by atoms with Gasteiger partial charge in [-0.25, -0.2) is 0 Å². The molecule has 12 heavy (non-hydrogen) atoms. The van der Waals surface area contributed by atoms with Crippen LogP contribution in [-0.2, 0) is 20.6 Å². The van der Waals surface area contributed by atoms with Gasteiger partial charge in [-0.05, 0) is 0 Å². The van der Waals surface area contributed by atoms with E-state index in [1.807, 2.05) is 0 Å². The second kappa shape index (κ2) is 6.27. The first-order chi connectivity index (χ1) is 4.15. The number of nitrogens with zero attached hydrogens (tertiary/aromatic N) is 1. The van der Waals surface area contributed by atoms with E-state index in [0.717, 1.165) is 0 Å². The standard InChI is InChI=1S/H3NO7S2.2Na.2H/c2-1(9(3,4)5)10(6,7)8;;;;/h2H,(H,3,4,5)(H,6,7,8);;;;/q;2*+1;2*-1. The smallest absolute Gasteiger partial charge is 1.00 e. The summed E-state index contributed by atoms with van der Waals surface area (Å²) in [5, 5.41) is 7.88. The number of hydrogen-bond donors (Lipinski definition) is 3. The molecule has 66 valence electrons. The molecular formula is H5NNa2O7S2. The second-order valence-electron chi connectivity index (χ2n) is 1.13. The SMILES string of the molecule is O=S(=O)(O)N(O)S(=O)(=O)O.[H-].[H-].[Na+].[Na+]. The topological polar surface area (TPSA) is 132 Å². The second-order valence-corrected chi connectivity index (χ2v) is 3.85. The molecule has 0 atom stereocenters. The third kappa shape index (κ3) is 7.17. The van der Waals surface area contributed by atoms with E-state index in [1.54, 1.807) is 0 Å². The quantitative estimate of drug-likeness (QED) is 0.248. The first-order valence-electron chi connectivity index (χ1n) is 1.60. The Balaban J connectivity index is -0.0000000675. The van der Waals surface area contributed by atoms with E-state index in [-0.39, 0.29) is 62.0 Å². The zero-order chi connectivity index (χ0) is 8.58. The van der Waals surface area contributed by atoms with Crippen molar-refractivity contribution in [3.63, 3.8) is 0 Å². The first kappa shape index (κ1) is 19.3. The van der Waals surface area contributed by atoms with Gasteiger partial charge in [-0.2, -0.15) is 16.8 Å². The minimum absolute atomic E-state index is 0. The van der Waals surface area contributed by atoms with Crippen molar-refractivity contribution in [2.24, 2.45) is 0 Å². The van der Waals surface area contributed by atoms with Gasteiger partial charge in [0.1, 0.15) is 0 Å². The van der Waals surface area contributed by atoms with Gasteiger partial charge in [0.15, 0.2) is 0 Å². The summed E-state index contributed by atoms with van der Waals surface area (Å²) in [5.74, 6) is 0. The van der Waals surface area contributed by atoms with Crippen molar-refractivity contribution in [3.05, 3.63) is 0 Å². The monoisotopic (exact) mass is 241 g/mol. The summed E-state index contributed by atoms with van der Waals surface area (Å²) in [7, 11) is -10.6. The van der Waals surface area contributed by atoms with E-state index < -0.39 is 24.5 Å². The van der Waals surface area contributed by atoms with Gasteiger partial charge in [-0.1, -0.05) is 0 Å². The molecule has 8 nitrogen and oxygen atoms in total. The molecular weight excluding hydrogens is 236 g/mol. The maximum absolute atomic E-state index is 9.67. The molecule has 0 fully saturated rings. The van der Waals surface area contributed by atoms with Crippen molar-refractivity contribution in [2.45, 2.75) is 0 Å². The minimum atomic E-state index is -5.31. The predicted molar refractivity (Wildman–Crippen MR) is 28.9 cm³/mol. The van der Waals surface area contributed by atoms with Crippen LogP contribution in [0.1, 0.15) is 2.85 Å². The Morgan fingerprint density at radius 2 is 1.08 bits per heavy atom. The summed E-state index contributed by atoms with van der Waals surface area (Å²) in [4.78, 5) is 0. The average molecular weight is 241 g/mol. The zero-order valence-electron chi connectivity index (χ0n) is 8.24. The van der Waals surface area contributed by atoms with E-state index in [9.17, 15) is 16.8 Å². The molecule has 12 heteroatoms. The number of rotatable bonds is 2. The molecule has 0 aromatic carbocycles. The third-order valence-electron chi connectivity index (χ3n) is 0.395. The van der Waals surface area contributed by atoms with Crippen LogP contribution in [0.5, 0.6) is 0 Å². The molecule has 0 aliphatic rings. The van der Waals surface area contributed by atoms with Crippen LogP contribution >= 0.6 is 0 Å². The van der Waals surface area contributed by atoms with Crippen molar-refractivity contribution in [1.29, 1.82) is 0 Å². The van der Waals surface area contributed by atoms with Gasteiger partial charge in [0.25, 0.3) is 0 Å². The minimum Gasteiger partial charge on any atom is -1.00 e. The van der Waals surface area contributed by atoms with Crippen LogP contribution in [0.15, 0.2) is 0 Å². The van der Waals surface area contributed by atoms with Crippen LogP contribution < -0.4 is 59.1 Å². The molecule has 0 amide bonds. The van der Waals surface area contributed by atoms with Gasteiger partial charge in [-0.15, -0.1) is 0 Å². The fourth-order valence-corrected chi connectivity index (χ4v) is 1.07. The summed E-state index contributed by atoms with van der Waals surface area (Å²) in [6.07, 6.45) is 0. The number of hydrogen-bond acceptors (Lipinski definition) is 5. The molecule has 0 heterocycles. The summed E-state index contributed by atoms with van der Waals surface area (Å²) in [6.45, 7) is 0. The normalized spacial score (nSPS) is 11.7. The summed E-state index contributed by atoms with van der Waals surface area (Å²) in [6, 6.07) is 0. The van der Waals surface area contributed by atoms with E-state index in [1.165, 1.54) is 0 Å². The average Bonchev–Trinajstić information content (AvgIpc) is 1.59. The van der Waals surface area contributed by atoms with Crippen LogP contribution in [0, 0.1) is 0 Å². The summed E-state index contributed by atoms with van der Waals surface area (Å²) in [5.41, 5.74) is 0. The van der Waals surface area contributed by atoms with Crippen LogP contribution in [0.2, 0.25) is 0 Å². The third-order valence-corrected chi connectivity index (χ3v) is 2.31. The van der Waals surface area contributed by atoms with Gasteiger partial charge < -0.3 is 2.85 Å². The Labute approximate surface area is 116 Å². The maximum atomic E-state index is 9.67. The summed E-state index contributed by atoms with van der Waals surface area (Å²) >= 11 is 0. The Morgan fingerprint density at radius 1 is 0.917 bits per heavy atom. The molecule has 0 aromatic heterocycles. The van der Waals surface area contributed by atoms with Crippen LogP contribution in [0.25, 0.3) is 0 Å². The fraction of sp³-hybridized carbons (Fsp3) is 0. The van der Waals surface area contributed by atoms with E-state index >= 15 is 0 Å². The molecule has 0 rings (SSSR count). The van der Waals surface area contributed by atoms with Crippen molar-refractivity contribution in [2.75, 3.05) is 0 Å². The van der Waals surface area contributed by atoms with Crippen molar-refractivity contribution < 1.29 is 93.1 Å². The Hall–Kier alpha value is 1.74. The Bertz CT molecular complexity index is 277. The van der Waals surface area contributed by atoms with Gasteiger partial charge in [0, 0.05) is 0 Å². The molecule has 0 spiro atoms. The zero-order valence-corrected chi connectivity index (χ0v) is 11.9. The maximum Gasteiger partial charge on any atom is 1.00 e. The van der Waals surface area contributed by atoms with Crippen LogP contribution in [-0.4, -0.2) is 35.0 Å². The van der Waals surface area contributed by atoms with Gasteiger partial charge >= 0.3 is 79.7 Å². The van der Waals surface area contributed by atoms with Gasteiger partial charge in [0.05, 0.1) is 3.87 Å². The first-order valence-corrected chi connectivity index (χ1v) is 4.39. The van der Waals surface area contributed by atoms with E-state index in [0.29, 0.717) is 0 Å². The molecule has 0 radical (unpaired) electrons. The largest absolute Gasteiger partial charge is 1.00 e. The fourth-order valence-electron chi connectivity index (χ4n) is 0.119. The van der Waals surface area contributed by atoms with Crippen LogP contribution in [0.3, 0.4) is 0 Å². The molecule has 0 aliphatic heterocycles. The molecule has 3 N–H and O–H groups in total. The Kier molecular flexibility index (Phi) is 10.1. The van der Waals surface area contributed by atoms with Crippen molar-refractivity contribution in [1.82, 2.24) is 3.87 Å². The van der Waals surface area contributed by atoms with E-state index in [4.69, 9.17) is 14.3 Å². The van der Waals surface area contributed by atoms with E-state index in [2.05, 4.69) is 0 Å². The molecule has 0 aromatic rings. The van der Waals surface area contributed by atoms with Crippen molar-refractivity contribution in [3.8, 4) is 0 Å². The molecule has 0 saturated heterocycles.